The van der Waals surface area contributed by atoms with E-state index in [1.807, 2.05) is 0 Å². The van der Waals surface area contributed by atoms with Gasteiger partial charge in [-0.15, -0.1) is 0 Å². The number of nitrogens with zero attached hydrogens (tertiary/aromatic N) is 1. The Balaban J connectivity index is 2.13. The molecule has 0 aromatic heterocycles. The number of aryl methyl sites for hydroxylation is 1. The fourth-order valence-corrected chi connectivity index (χ4v) is 3.07. The van der Waals surface area contributed by atoms with Crippen molar-refractivity contribution in [3.8, 4) is 0 Å². The summed E-state index contributed by atoms with van der Waals surface area (Å²) in [5, 5.41) is 2.88. The molecule has 0 bridgehead atoms. The van der Waals surface area contributed by atoms with Crippen molar-refractivity contribution in [3.63, 3.8) is 0 Å². The van der Waals surface area contributed by atoms with Gasteiger partial charge in [0.15, 0.2) is 0 Å². The summed E-state index contributed by atoms with van der Waals surface area (Å²) in [6, 6.07) is 13.5. The van der Waals surface area contributed by atoms with E-state index in [9.17, 15) is 0 Å². The van der Waals surface area contributed by atoms with E-state index in [1.165, 1.54) is 60.8 Å². The molecular weight excluding hydrogens is 218 g/mol. The Morgan fingerprint density at radius 2 is 1.67 bits per heavy atom. The highest BCUT2D eigenvalue weighted by molar-refractivity contribution is 5.96. The van der Waals surface area contributed by atoms with Gasteiger partial charge in [0.1, 0.15) is 0 Å². The normalized spacial score (nSPS) is 15.5. The molecule has 1 fully saturated rings. The molecule has 2 aromatic rings. The fraction of sp³-hybridized carbons (Fsp3) is 0.412. The van der Waals surface area contributed by atoms with Crippen molar-refractivity contribution in [2.24, 2.45) is 0 Å². The first-order valence-corrected chi connectivity index (χ1v) is 7.15. The highest BCUT2D eigenvalue weighted by atomic mass is 15.1. The van der Waals surface area contributed by atoms with Gasteiger partial charge in [-0.25, -0.2) is 0 Å². The largest absolute Gasteiger partial charge is 0.371 e. The monoisotopic (exact) mass is 239 g/mol. The van der Waals surface area contributed by atoms with Gasteiger partial charge in [-0.1, -0.05) is 43.7 Å². The molecule has 18 heavy (non-hydrogen) atoms. The van der Waals surface area contributed by atoms with Gasteiger partial charge in [-0.2, -0.15) is 0 Å². The van der Waals surface area contributed by atoms with Gasteiger partial charge in [0, 0.05) is 24.2 Å². The van der Waals surface area contributed by atoms with Crippen molar-refractivity contribution in [1.29, 1.82) is 0 Å². The van der Waals surface area contributed by atoms with Gasteiger partial charge in [0.05, 0.1) is 0 Å². The van der Waals surface area contributed by atoms with E-state index in [0.29, 0.717) is 0 Å². The average molecular weight is 239 g/mol. The van der Waals surface area contributed by atoms with E-state index in [4.69, 9.17) is 0 Å². The summed E-state index contributed by atoms with van der Waals surface area (Å²) in [7, 11) is 0. The van der Waals surface area contributed by atoms with Crippen LogP contribution in [0.25, 0.3) is 10.8 Å². The van der Waals surface area contributed by atoms with Crippen LogP contribution in [0.15, 0.2) is 36.4 Å². The molecule has 3 rings (SSSR count). The summed E-state index contributed by atoms with van der Waals surface area (Å²) in [6.45, 7) is 4.69. The molecule has 2 aromatic carbocycles. The average Bonchev–Trinajstić information content (AvgIpc) is 2.93. The Kier molecular flexibility index (Phi) is 3.22. The molecule has 1 aliphatic heterocycles. The Bertz CT molecular complexity index is 538. The van der Waals surface area contributed by atoms with Crippen LogP contribution in [0.5, 0.6) is 0 Å². The maximum atomic E-state index is 2.54. The zero-order chi connectivity index (χ0) is 12.4. The zero-order valence-corrected chi connectivity index (χ0v) is 11.2. The molecule has 0 saturated carbocycles. The highest BCUT2D eigenvalue weighted by Gasteiger charge is 2.15. The van der Waals surface area contributed by atoms with Crippen LogP contribution in [-0.4, -0.2) is 13.1 Å². The zero-order valence-electron chi connectivity index (χ0n) is 11.2. The molecule has 1 aliphatic rings. The molecule has 0 unspecified atom stereocenters. The van der Waals surface area contributed by atoms with Gasteiger partial charge in [-0.3, -0.25) is 0 Å². The molecule has 0 spiro atoms. The maximum absolute atomic E-state index is 2.54. The minimum absolute atomic E-state index is 1.18. The van der Waals surface area contributed by atoms with Crippen LogP contribution < -0.4 is 4.90 Å². The second-order valence-corrected chi connectivity index (χ2v) is 5.23. The standard InChI is InChI=1S/C17H21N/c1-2-7-14-10-11-17(18-12-5-6-13-18)16-9-4-3-8-15(14)16/h3-4,8-11H,2,5-7,12-13H2,1H3. The third kappa shape index (κ3) is 1.98. The number of hydrogen-bond donors (Lipinski definition) is 0. The van der Waals surface area contributed by atoms with Crippen LogP contribution in [0.1, 0.15) is 31.7 Å². The lowest BCUT2D eigenvalue weighted by Gasteiger charge is -2.21. The van der Waals surface area contributed by atoms with E-state index in [-0.39, 0.29) is 0 Å². The van der Waals surface area contributed by atoms with E-state index in [2.05, 4.69) is 48.2 Å². The second-order valence-electron chi connectivity index (χ2n) is 5.23. The Labute approximate surface area is 109 Å². The van der Waals surface area contributed by atoms with Crippen molar-refractivity contribution >= 4 is 16.5 Å². The molecule has 1 nitrogen and oxygen atoms in total. The maximum Gasteiger partial charge on any atom is 0.0446 e. The quantitative estimate of drug-likeness (QED) is 0.767. The minimum Gasteiger partial charge on any atom is -0.371 e. The van der Waals surface area contributed by atoms with E-state index in [1.54, 1.807) is 0 Å². The molecule has 0 aliphatic carbocycles. The molecule has 1 saturated heterocycles. The summed E-state index contributed by atoms with van der Waals surface area (Å²) in [4.78, 5) is 2.54. The molecule has 1 heteroatoms. The predicted octanol–water partition coefficient (Wildman–Crippen LogP) is 4.39. The first-order valence-electron chi connectivity index (χ1n) is 7.15. The highest BCUT2D eigenvalue weighted by Crippen LogP contribution is 2.31. The third-order valence-electron chi connectivity index (χ3n) is 3.96. The summed E-state index contributed by atoms with van der Waals surface area (Å²) in [5.41, 5.74) is 2.93. The van der Waals surface area contributed by atoms with Crippen LogP contribution >= 0.6 is 0 Å². The summed E-state index contributed by atoms with van der Waals surface area (Å²) >= 11 is 0. The van der Waals surface area contributed by atoms with E-state index >= 15 is 0 Å². The number of fused-ring (bicyclic) bond motifs is 1. The molecular formula is C17H21N. The van der Waals surface area contributed by atoms with Crippen LogP contribution in [0, 0.1) is 0 Å². The molecule has 1 heterocycles. The minimum atomic E-state index is 1.18. The first-order chi connectivity index (χ1) is 8.90. The molecule has 0 N–H and O–H groups in total. The number of anilines is 1. The first kappa shape index (κ1) is 11.6. The van der Waals surface area contributed by atoms with Gasteiger partial charge in [0.25, 0.3) is 0 Å². The molecule has 0 radical (unpaired) electrons. The van der Waals surface area contributed by atoms with Gasteiger partial charge in [0.2, 0.25) is 0 Å². The second kappa shape index (κ2) is 5.01. The molecule has 0 amide bonds. The lowest BCUT2D eigenvalue weighted by atomic mass is 9.99. The number of hydrogen-bond acceptors (Lipinski definition) is 1. The Morgan fingerprint density at radius 1 is 0.944 bits per heavy atom. The summed E-state index contributed by atoms with van der Waals surface area (Å²) in [5.74, 6) is 0. The van der Waals surface area contributed by atoms with Crippen LogP contribution in [0.2, 0.25) is 0 Å². The fourth-order valence-electron chi connectivity index (χ4n) is 3.07. The molecule has 0 atom stereocenters. The van der Waals surface area contributed by atoms with Gasteiger partial charge in [-0.05, 0) is 36.3 Å². The SMILES string of the molecule is CCCc1ccc(N2CCCC2)c2ccccc12. The van der Waals surface area contributed by atoms with Crippen molar-refractivity contribution < 1.29 is 0 Å². The van der Waals surface area contributed by atoms with E-state index < -0.39 is 0 Å². The number of benzene rings is 2. The lowest BCUT2D eigenvalue weighted by molar-refractivity contribution is 0.927. The Morgan fingerprint density at radius 3 is 2.39 bits per heavy atom. The number of rotatable bonds is 3. The molecule has 94 valence electrons. The van der Waals surface area contributed by atoms with Crippen molar-refractivity contribution in [1.82, 2.24) is 0 Å². The van der Waals surface area contributed by atoms with Crippen molar-refractivity contribution in [2.45, 2.75) is 32.6 Å². The van der Waals surface area contributed by atoms with Crippen LogP contribution in [-0.2, 0) is 6.42 Å². The third-order valence-corrected chi connectivity index (χ3v) is 3.96. The van der Waals surface area contributed by atoms with E-state index in [0.717, 1.165) is 0 Å². The predicted molar refractivity (Wildman–Crippen MR) is 79.4 cm³/mol. The van der Waals surface area contributed by atoms with Crippen LogP contribution in [0.3, 0.4) is 0 Å². The smallest absolute Gasteiger partial charge is 0.0446 e. The van der Waals surface area contributed by atoms with Crippen molar-refractivity contribution in [2.75, 3.05) is 18.0 Å². The Hall–Kier alpha value is -1.50. The summed E-state index contributed by atoms with van der Waals surface area (Å²) in [6.07, 6.45) is 5.07. The van der Waals surface area contributed by atoms with Gasteiger partial charge < -0.3 is 4.90 Å². The van der Waals surface area contributed by atoms with Crippen LogP contribution in [0.4, 0.5) is 5.69 Å². The van der Waals surface area contributed by atoms with Crippen molar-refractivity contribution in [3.05, 3.63) is 42.0 Å². The van der Waals surface area contributed by atoms with Gasteiger partial charge >= 0.3 is 0 Å². The summed E-state index contributed by atoms with van der Waals surface area (Å²) < 4.78 is 0. The lowest BCUT2D eigenvalue weighted by Crippen LogP contribution is -2.17. The topological polar surface area (TPSA) is 3.24 Å².